The number of benzene rings is 1. The van der Waals surface area contributed by atoms with E-state index in [1.54, 1.807) is 12.3 Å². The van der Waals surface area contributed by atoms with E-state index in [0.29, 0.717) is 5.69 Å². The fourth-order valence-electron chi connectivity index (χ4n) is 1.49. The molecule has 0 bridgehead atoms. The molecule has 17 heavy (non-hydrogen) atoms. The van der Waals surface area contributed by atoms with E-state index in [-0.39, 0.29) is 11.7 Å². The number of rotatable bonds is 3. The Labute approximate surface area is 103 Å². The number of hydrogen-bond donors (Lipinski definition) is 1. The number of carbonyl (C=O) groups is 1. The minimum atomic E-state index is -0.246. The molecule has 5 heteroatoms. The van der Waals surface area contributed by atoms with E-state index in [2.05, 4.69) is 9.72 Å². The van der Waals surface area contributed by atoms with Crippen LogP contribution in [0.2, 0.25) is 0 Å². The predicted molar refractivity (Wildman–Crippen MR) is 68.9 cm³/mol. The second-order valence-corrected chi connectivity index (χ2v) is 4.43. The van der Waals surface area contributed by atoms with Crippen LogP contribution in [0.3, 0.4) is 0 Å². The molecule has 0 aliphatic carbocycles. The van der Waals surface area contributed by atoms with Crippen LogP contribution in [0, 0.1) is 0 Å². The smallest absolute Gasteiger partial charge is 0.315 e. The van der Waals surface area contributed by atoms with Crippen molar-refractivity contribution in [1.29, 1.82) is 0 Å². The van der Waals surface area contributed by atoms with Crippen LogP contribution in [0.15, 0.2) is 35.4 Å². The second kappa shape index (κ2) is 5.05. The first-order chi connectivity index (χ1) is 8.22. The van der Waals surface area contributed by atoms with Crippen LogP contribution in [0.1, 0.15) is 0 Å². The molecule has 0 spiro atoms. The molecule has 1 aromatic heterocycles. The Morgan fingerprint density at radius 2 is 2.29 bits per heavy atom. The van der Waals surface area contributed by atoms with E-state index < -0.39 is 0 Å². The van der Waals surface area contributed by atoms with Crippen molar-refractivity contribution in [2.45, 2.75) is 4.90 Å². The quantitative estimate of drug-likeness (QED) is 0.512. The lowest BCUT2D eigenvalue weighted by molar-refractivity contribution is -0.137. The second-order valence-electron chi connectivity index (χ2n) is 3.42. The topological polar surface area (TPSA) is 65.2 Å². The summed E-state index contributed by atoms with van der Waals surface area (Å²) in [5.41, 5.74) is 7.25. The maximum atomic E-state index is 11.1. The molecule has 0 atom stereocenters. The first-order valence-electron chi connectivity index (χ1n) is 5.05. The van der Waals surface area contributed by atoms with Crippen LogP contribution in [0.25, 0.3) is 10.9 Å². The number of anilines is 1. The summed E-state index contributed by atoms with van der Waals surface area (Å²) in [6.45, 7) is 0. The summed E-state index contributed by atoms with van der Waals surface area (Å²) in [4.78, 5) is 16.3. The Balaban J connectivity index is 2.35. The van der Waals surface area contributed by atoms with Crippen molar-refractivity contribution in [1.82, 2.24) is 4.98 Å². The van der Waals surface area contributed by atoms with Gasteiger partial charge >= 0.3 is 5.97 Å². The number of aromatic nitrogens is 1. The van der Waals surface area contributed by atoms with E-state index >= 15 is 0 Å². The number of methoxy groups -OCH3 is 1. The molecule has 2 N–H and O–H groups in total. The zero-order valence-corrected chi connectivity index (χ0v) is 10.2. The molecule has 0 radical (unpaired) electrons. The molecule has 0 amide bonds. The lowest BCUT2D eigenvalue weighted by Crippen LogP contribution is -2.03. The molecular weight excluding hydrogens is 236 g/mol. The number of nitrogen functional groups attached to an aromatic ring is 1. The zero-order chi connectivity index (χ0) is 12.3. The van der Waals surface area contributed by atoms with Gasteiger partial charge in [0.15, 0.2) is 0 Å². The van der Waals surface area contributed by atoms with Gasteiger partial charge in [-0.05, 0) is 18.2 Å². The average molecular weight is 248 g/mol. The number of ether oxygens (including phenoxy) is 1. The summed E-state index contributed by atoms with van der Waals surface area (Å²) < 4.78 is 4.61. The lowest BCUT2D eigenvalue weighted by atomic mass is 10.2. The molecule has 1 heterocycles. The molecule has 88 valence electrons. The Morgan fingerprint density at radius 3 is 3.06 bits per heavy atom. The number of carbonyl (C=O) groups excluding carboxylic acids is 1. The number of esters is 1. The van der Waals surface area contributed by atoms with E-state index in [0.717, 1.165) is 15.8 Å². The Hall–Kier alpha value is -1.75. The Bertz CT molecular complexity index is 557. The number of fused-ring (bicyclic) bond motifs is 1. The molecule has 4 nitrogen and oxygen atoms in total. The maximum absolute atomic E-state index is 11.1. The molecule has 2 aromatic rings. The van der Waals surface area contributed by atoms with Crippen LogP contribution in [-0.4, -0.2) is 23.8 Å². The van der Waals surface area contributed by atoms with Gasteiger partial charge in [-0.2, -0.15) is 0 Å². The molecule has 0 saturated heterocycles. The van der Waals surface area contributed by atoms with Gasteiger partial charge in [0.05, 0.1) is 24.1 Å². The van der Waals surface area contributed by atoms with Crippen molar-refractivity contribution < 1.29 is 9.53 Å². The zero-order valence-electron chi connectivity index (χ0n) is 9.34. The number of pyridine rings is 1. The summed E-state index contributed by atoms with van der Waals surface area (Å²) in [6, 6.07) is 7.49. The highest BCUT2D eigenvalue weighted by Crippen LogP contribution is 2.29. The highest BCUT2D eigenvalue weighted by Gasteiger charge is 2.07. The van der Waals surface area contributed by atoms with Gasteiger partial charge in [-0.1, -0.05) is 6.07 Å². The molecule has 0 saturated carbocycles. The third-order valence-corrected chi connectivity index (χ3v) is 3.38. The average Bonchev–Trinajstić information content (AvgIpc) is 2.38. The summed E-state index contributed by atoms with van der Waals surface area (Å²) in [6.07, 6.45) is 1.70. The van der Waals surface area contributed by atoms with E-state index in [1.165, 1.54) is 18.9 Å². The SMILES string of the molecule is COC(=O)CSc1ccc(N)c2ncccc12. The fourth-order valence-corrected chi connectivity index (χ4v) is 2.37. The molecule has 1 aromatic carbocycles. The van der Waals surface area contributed by atoms with Crippen molar-refractivity contribution in [3.63, 3.8) is 0 Å². The normalized spacial score (nSPS) is 10.4. The fraction of sp³-hybridized carbons (Fsp3) is 0.167. The van der Waals surface area contributed by atoms with Gasteiger partial charge in [0, 0.05) is 16.5 Å². The van der Waals surface area contributed by atoms with Crippen LogP contribution in [0.5, 0.6) is 0 Å². The molecule has 0 aliphatic heterocycles. The molecule has 0 aliphatic rings. The monoisotopic (exact) mass is 248 g/mol. The van der Waals surface area contributed by atoms with Crippen molar-refractivity contribution >= 4 is 34.3 Å². The largest absolute Gasteiger partial charge is 0.468 e. The van der Waals surface area contributed by atoms with Crippen molar-refractivity contribution in [2.75, 3.05) is 18.6 Å². The first-order valence-corrected chi connectivity index (χ1v) is 6.03. The summed E-state index contributed by atoms with van der Waals surface area (Å²) in [7, 11) is 1.38. The van der Waals surface area contributed by atoms with Gasteiger partial charge in [-0.3, -0.25) is 9.78 Å². The third-order valence-electron chi connectivity index (χ3n) is 2.33. The lowest BCUT2D eigenvalue weighted by Gasteiger charge is -2.06. The van der Waals surface area contributed by atoms with Crippen molar-refractivity contribution in [3.05, 3.63) is 30.5 Å². The summed E-state index contributed by atoms with van der Waals surface area (Å²) in [5.74, 6) is 0.0357. The minimum absolute atomic E-state index is 0.246. The Kier molecular flexibility index (Phi) is 3.49. The van der Waals surface area contributed by atoms with Gasteiger partial charge in [0.2, 0.25) is 0 Å². The number of nitrogens with two attached hydrogens (primary N) is 1. The number of thioether (sulfide) groups is 1. The third kappa shape index (κ3) is 2.50. The molecular formula is C12H12N2O2S. The number of hydrogen-bond acceptors (Lipinski definition) is 5. The number of nitrogens with zero attached hydrogens (tertiary/aromatic N) is 1. The molecule has 0 unspecified atom stereocenters. The van der Waals surface area contributed by atoms with Gasteiger partial charge in [-0.15, -0.1) is 11.8 Å². The van der Waals surface area contributed by atoms with Crippen LogP contribution < -0.4 is 5.73 Å². The maximum Gasteiger partial charge on any atom is 0.315 e. The van der Waals surface area contributed by atoms with Crippen LogP contribution >= 0.6 is 11.8 Å². The van der Waals surface area contributed by atoms with E-state index in [1.807, 2.05) is 18.2 Å². The van der Waals surface area contributed by atoms with Gasteiger partial charge in [-0.25, -0.2) is 0 Å². The highest BCUT2D eigenvalue weighted by atomic mass is 32.2. The van der Waals surface area contributed by atoms with Crippen LogP contribution in [-0.2, 0) is 9.53 Å². The summed E-state index contributed by atoms with van der Waals surface area (Å²) in [5, 5.41) is 0.960. The Morgan fingerprint density at radius 1 is 1.47 bits per heavy atom. The minimum Gasteiger partial charge on any atom is -0.468 e. The van der Waals surface area contributed by atoms with Gasteiger partial charge in [0.1, 0.15) is 0 Å². The van der Waals surface area contributed by atoms with Gasteiger partial charge in [0.25, 0.3) is 0 Å². The first kappa shape index (κ1) is 11.7. The molecule has 2 rings (SSSR count). The van der Waals surface area contributed by atoms with Gasteiger partial charge < -0.3 is 10.5 Å². The van der Waals surface area contributed by atoms with Crippen LogP contribution in [0.4, 0.5) is 5.69 Å². The molecule has 0 fully saturated rings. The van der Waals surface area contributed by atoms with Crippen molar-refractivity contribution in [2.24, 2.45) is 0 Å². The summed E-state index contributed by atoms with van der Waals surface area (Å²) >= 11 is 1.42. The van der Waals surface area contributed by atoms with E-state index in [4.69, 9.17) is 5.73 Å². The highest BCUT2D eigenvalue weighted by molar-refractivity contribution is 8.00. The van der Waals surface area contributed by atoms with Crippen molar-refractivity contribution in [3.8, 4) is 0 Å². The predicted octanol–water partition coefficient (Wildman–Crippen LogP) is 2.08. The van der Waals surface area contributed by atoms with E-state index in [9.17, 15) is 4.79 Å². The standard InChI is InChI=1S/C12H12N2O2S/c1-16-11(15)7-17-10-5-4-9(13)12-8(10)3-2-6-14-12/h2-6H,7,13H2,1H3.